The zero-order valence-corrected chi connectivity index (χ0v) is 16.9. The maximum atomic E-state index is 11.8. The lowest BCUT2D eigenvalue weighted by Crippen LogP contribution is -2.44. The summed E-state index contributed by atoms with van der Waals surface area (Å²) in [5.74, 6) is 0.560. The molecular weight excluding hydrogens is 395 g/mol. The molecule has 0 fully saturated rings. The van der Waals surface area contributed by atoms with Crippen molar-refractivity contribution in [2.45, 2.75) is 53.2 Å². The van der Waals surface area contributed by atoms with Crippen molar-refractivity contribution in [2.24, 2.45) is 16.6 Å². The van der Waals surface area contributed by atoms with Gasteiger partial charge in [-0.2, -0.15) is 0 Å². The van der Waals surface area contributed by atoms with Gasteiger partial charge in [-0.25, -0.2) is 4.79 Å². The van der Waals surface area contributed by atoms with Gasteiger partial charge in [-0.05, 0) is 33.6 Å². The minimum Gasteiger partial charge on any atom is -0.444 e. The summed E-state index contributed by atoms with van der Waals surface area (Å²) in [6.07, 6.45) is -0.440. The van der Waals surface area contributed by atoms with Crippen molar-refractivity contribution in [3.05, 3.63) is 12.2 Å². The summed E-state index contributed by atoms with van der Waals surface area (Å²) in [5, 5.41) is 5.78. The Kier molecular flexibility index (Phi) is 11.3. The molecule has 1 unspecified atom stereocenters. The Labute approximate surface area is 151 Å². The molecule has 1 amide bonds. The molecule has 0 aliphatic heterocycles. The topological polar surface area (TPSA) is 88.7 Å². The molecule has 0 spiro atoms. The molecule has 0 saturated heterocycles. The van der Waals surface area contributed by atoms with E-state index >= 15 is 0 Å². The number of nitrogens with one attached hydrogen (secondary N) is 2. The van der Waals surface area contributed by atoms with E-state index in [0.717, 1.165) is 5.57 Å². The monoisotopic (exact) mass is 426 g/mol. The maximum absolute atomic E-state index is 11.8. The highest BCUT2D eigenvalue weighted by Gasteiger charge is 2.21. The standard InChI is InChI=1S/C15H30N4O2.HI/c1-10(2)8-17-13(16)18-9-12(11(3)4)19-14(20)21-15(5,6)7;/h11-12H,1,8-9H2,2-7H3,(H,19,20)(H3,16,17,18);1H. The summed E-state index contributed by atoms with van der Waals surface area (Å²) in [5.41, 5.74) is 6.21. The molecule has 0 saturated carbocycles. The van der Waals surface area contributed by atoms with Gasteiger partial charge in [0.15, 0.2) is 5.96 Å². The number of hydrogen-bond donors (Lipinski definition) is 3. The molecular formula is C15H31IN4O2. The van der Waals surface area contributed by atoms with Gasteiger partial charge in [0.2, 0.25) is 0 Å². The van der Waals surface area contributed by atoms with E-state index in [1.807, 2.05) is 41.5 Å². The van der Waals surface area contributed by atoms with Gasteiger partial charge in [-0.3, -0.25) is 4.99 Å². The largest absolute Gasteiger partial charge is 0.444 e. The quantitative estimate of drug-likeness (QED) is 0.264. The Balaban J connectivity index is 0. The Morgan fingerprint density at radius 2 is 1.91 bits per heavy atom. The van der Waals surface area contributed by atoms with Crippen molar-refractivity contribution in [1.29, 1.82) is 0 Å². The molecule has 0 aromatic heterocycles. The van der Waals surface area contributed by atoms with Crippen molar-refractivity contribution in [3.63, 3.8) is 0 Å². The van der Waals surface area contributed by atoms with Gasteiger partial charge in [0.25, 0.3) is 0 Å². The third-order valence-corrected chi connectivity index (χ3v) is 2.54. The van der Waals surface area contributed by atoms with Gasteiger partial charge in [0.1, 0.15) is 5.60 Å². The SMILES string of the molecule is C=C(C)CNC(N)=NCC(NC(=O)OC(C)(C)C)C(C)C.I. The van der Waals surface area contributed by atoms with Crippen LogP contribution in [0.5, 0.6) is 0 Å². The van der Waals surface area contributed by atoms with Gasteiger partial charge in [0.05, 0.1) is 12.6 Å². The minimum atomic E-state index is -0.517. The first-order valence-corrected chi connectivity index (χ1v) is 7.19. The first kappa shape index (κ1) is 23.3. The van der Waals surface area contributed by atoms with Crippen LogP contribution in [0.15, 0.2) is 17.1 Å². The number of halogens is 1. The fourth-order valence-corrected chi connectivity index (χ4v) is 1.38. The smallest absolute Gasteiger partial charge is 0.407 e. The van der Waals surface area contributed by atoms with Gasteiger partial charge in [0, 0.05) is 6.54 Å². The lowest BCUT2D eigenvalue weighted by molar-refractivity contribution is 0.0493. The summed E-state index contributed by atoms with van der Waals surface area (Å²) in [6.45, 7) is 16.2. The van der Waals surface area contributed by atoms with Crippen molar-refractivity contribution >= 4 is 36.0 Å². The van der Waals surface area contributed by atoms with Crippen molar-refractivity contribution < 1.29 is 9.53 Å². The predicted octanol–water partition coefficient (Wildman–Crippen LogP) is 2.63. The van der Waals surface area contributed by atoms with Crippen LogP contribution in [0.3, 0.4) is 0 Å². The summed E-state index contributed by atoms with van der Waals surface area (Å²) in [4.78, 5) is 16.0. The van der Waals surface area contributed by atoms with Crippen LogP contribution < -0.4 is 16.4 Å². The number of amides is 1. The van der Waals surface area contributed by atoms with Crippen LogP contribution in [0.25, 0.3) is 0 Å². The van der Waals surface area contributed by atoms with Crippen LogP contribution in [0.2, 0.25) is 0 Å². The van der Waals surface area contributed by atoms with Crippen LogP contribution in [0.1, 0.15) is 41.5 Å². The number of nitrogens with two attached hydrogens (primary N) is 1. The second-order valence-electron chi connectivity index (χ2n) is 6.53. The van der Waals surface area contributed by atoms with E-state index in [1.54, 1.807) is 0 Å². The highest BCUT2D eigenvalue weighted by atomic mass is 127. The van der Waals surface area contributed by atoms with Crippen LogP contribution in [-0.2, 0) is 4.74 Å². The zero-order chi connectivity index (χ0) is 16.6. The molecule has 0 bridgehead atoms. The van der Waals surface area contributed by atoms with Crippen LogP contribution in [-0.4, -0.2) is 36.8 Å². The molecule has 0 radical (unpaired) electrons. The summed E-state index contributed by atoms with van der Waals surface area (Å²) in [7, 11) is 0. The van der Waals surface area contributed by atoms with E-state index in [0.29, 0.717) is 19.0 Å². The zero-order valence-electron chi connectivity index (χ0n) is 14.5. The molecule has 0 aliphatic rings. The number of carbonyl (C=O) groups is 1. The van der Waals surface area contributed by atoms with Crippen LogP contribution in [0.4, 0.5) is 4.79 Å². The number of ether oxygens (including phenoxy) is 1. The maximum Gasteiger partial charge on any atom is 0.407 e. The number of aliphatic imine (C=N–C) groups is 1. The predicted molar refractivity (Wildman–Crippen MR) is 103 cm³/mol. The lowest BCUT2D eigenvalue weighted by atomic mass is 10.1. The molecule has 0 rings (SSSR count). The number of guanidine groups is 1. The average molecular weight is 426 g/mol. The first-order chi connectivity index (χ1) is 9.51. The summed E-state index contributed by atoms with van der Waals surface area (Å²) in [6, 6.07) is -0.134. The highest BCUT2D eigenvalue weighted by molar-refractivity contribution is 14.0. The average Bonchev–Trinajstić information content (AvgIpc) is 2.29. The van der Waals surface area contributed by atoms with E-state index in [4.69, 9.17) is 10.5 Å². The Hall–Kier alpha value is -0.990. The molecule has 130 valence electrons. The molecule has 6 nitrogen and oxygen atoms in total. The third-order valence-electron chi connectivity index (χ3n) is 2.54. The lowest BCUT2D eigenvalue weighted by Gasteiger charge is -2.25. The highest BCUT2D eigenvalue weighted by Crippen LogP contribution is 2.08. The molecule has 1 atom stereocenters. The Morgan fingerprint density at radius 1 is 1.36 bits per heavy atom. The normalized spacial score (nSPS) is 13.1. The fourth-order valence-electron chi connectivity index (χ4n) is 1.38. The van der Waals surface area contributed by atoms with Crippen molar-refractivity contribution in [2.75, 3.05) is 13.1 Å². The van der Waals surface area contributed by atoms with Gasteiger partial charge >= 0.3 is 6.09 Å². The van der Waals surface area contributed by atoms with Crippen LogP contribution >= 0.6 is 24.0 Å². The second kappa shape index (κ2) is 10.7. The van der Waals surface area contributed by atoms with E-state index in [9.17, 15) is 4.79 Å². The van der Waals surface area contributed by atoms with E-state index in [1.165, 1.54) is 0 Å². The number of hydrogen-bond acceptors (Lipinski definition) is 3. The van der Waals surface area contributed by atoms with E-state index in [-0.39, 0.29) is 35.9 Å². The Bertz CT molecular complexity index is 389. The Morgan fingerprint density at radius 3 is 2.32 bits per heavy atom. The minimum absolute atomic E-state index is 0. The fraction of sp³-hybridized carbons (Fsp3) is 0.733. The summed E-state index contributed by atoms with van der Waals surface area (Å²) < 4.78 is 5.25. The van der Waals surface area contributed by atoms with Gasteiger partial charge in [-0.15, -0.1) is 24.0 Å². The molecule has 22 heavy (non-hydrogen) atoms. The number of nitrogens with zero attached hydrogens (tertiary/aromatic N) is 1. The third kappa shape index (κ3) is 12.7. The van der Waals surface area contributed by atoms with E-state index in [2.05, 4.69) is 22.2 Å². The molecule has 0 aromatic carbocycles. The van der Waals surface area contributed by atoms with E-state index < -0.39 is 11.7 Å². The molecule has 0 aromatic rings. The van der Waals surface area contributed by atoms with Crippen molar-refractivity contribution in [1.82, 2.24) is 10.6 Å². The molecule has 0 aliphatic carbocycles. The number of carbonyl (C=O) groups excluding carboxylic acids is 1. The number of rotatable bonds is 6. The second-order valence-corrected chi connectivity index (χ2v) is 6.53. The number of alkyl carbamates (subject to hydrolysis) is 1. The first-order valence-electron chi connectivity index (χ1n) is 7.19. The molecule has 7 heteroatoms. The van der Waals surface area contributed by atoms with Crippen molar-refractivity contribution in [3.8, 4) is 0 Å². The van der Waals surface area contributed by atoms with Gasteiger partial charge in [-0.1, -0.05) is 26.0 Å². The molecule has 0 heterocycles. The summed E-state index contributed by atoms with van der Waals surface area (Å²) >= 11 is 0. The van der Waals surface area contributed by atoms with Crippen LogP contribution in [0, 0.1) is 5.92 Å². The molecule has 4 N–H and O–H groups in total. The van der Waals surface area contributed by atoms with Gasteiger partial charge < -0.3 is 21.1 Å².